The number of rotatable bonds is 7. The van der Waals surface area contributed by atoms with E-state index in [-0.39, 0.29) is 0 Å². The molecule has 0 aliphatic rings. The van der Waals surface area contributed by atoms with Crippen molar-refractivity contribution in [2.45, 2.75) is 20.3 Å². The molecule has 4 aromatic rings. The van der Waals surface area contributed by atoms with Crippen LogP contribution in [0.1, 0.15) is 19.4 Å². The van der Waals surface area contributed by atoms with Crippen molar-refractivity contribution in [1.82, 2.24) is 4.98 Å². The van der Waals surface area contributed by atoms with Crippen molar-refractivity contribution in [2.24, 2.45) is 5.92 Å². The van der Waals surface area contributed by atoms with E-state index >= 15 is 0 Å². The van der Waals surface area contributed by atoms with E-state index in [4.69, 9.17) is 9.72 Å². The van der Waals surface area contributed by atoms with Crippen LogP contribution in [0.15, 0.2) is 84.2 Å². The molecule has 0 fully saturated rings. The van der Waals surface area contributed by atoms with Crippen molar-refractivity contribution >= 4 is 22.2 Å². The molecule has 0 unspecified atom stereocenters. The van der Waals surface area contributed by atoms with Gasteiger partial charge in [0.25, 0.3) is 0 Å². The highest BCUT2D eigenvalue weighted by molar-refractivity contribution is 7.14. The molecule has 4 heteroatoms. The Labute approximate surface area is 176 Å². The third-order valence-electron chi connectivity index (χ3n) is 4.48. The number of benzene rings is 3. The Morgan fingerprint density at radius 1 is 0.862 bits per heavy atom. The van der Waals surface area contributed by atoms with Crippen LogP contribution in [0.3, 0.4) is 0 Å². The van der Waals surface area contributed by atoms with Gasteiger partial charge in [0, 0.05) is 16.6 Å². The predicted octanol–water partition coefficient (Wildman–Crippen LogP) is 7.54. The minimum Gasteiger partial charge on any atom is -0.457 e. The van der Waals surface area contributed by atoms with E-state index in [2.05, 4.69) is 48.8 Å². The van der Waals surface area contributed by atoms with Crippen LogP contribution in [-0.2, 0) is 6.42 Å². The van der Waals surface area contributed by atoms with Crippen molar-refractivity contribution in [2.75, 3.05) is 5.32 Å². The molecule has 1 heterocycles. The molecule has 3 aromatic carbocycles. The van der Waals surface area contributed by atoms with Crippen LogP contribution >= 0.6 is 11.3 Å². The fourth-order valence-corrected chi connectivity index (χ4v) is 3.84. The van der Waals surface area contributed by atoms with Gasteiger partial charge in [0.05, 0.1) is 5.69 Å². The molecule has 0 amide bonds. The first kappa shape index (κ1) is 19.2. The number of hydrogen-bond acceptors (Lipinski definition) is 4. The summed E-state index contributed by atoms with van der Waals surface area (Å²) >= 11 is 1.61. The summed E-state index contributed by atoms with van der Waals surface area (Å²) in [5, 5.41) is 6.36. The van der Waals surface area contributed by atoms with Gasteiger partial charge < -0.3 is 10.1 Å². The normalized spacial score (nSPS) is 10.9. The van der Waals surface area contributed by atoms with E-state index < -0.39 is 0 Å². The molecule has 1 N–H and O–H groups in total. The lowest BCUT2D eigenvalue weighted by Crippen LogP contribution is -1.95. The number of para-hydroxylation sites is 1. The van der Waals surface area contributed by atoms with Crippen molar-refractivity contribution in [1.29, 1.82) is 0 Å². The number of thiazole rings is 1. The molecule has 0 atom stereocenters. The lowest BCUT2D eigenvalue weighted by molar-refractivity contribution is 0.483. The maximum atomic E-state index is 5.86. The fraction of sp³-hybridized carbons (Fsp3) is 0.160. The van der Waals surface area contributed by atoms with Crippen molar-refractivity contribution in [3.63, 3.8) is 0 Å². The number of nitrogens with zero attached hydrogens (tertiary/aromatic N) is 1. The van der Waals surface area contributed by atoms with Gasteiger partial charge in [0.1, 0.15) is 11.5 Å². The average molecular weight is 401 g/mol. The van der Waals surface area contributed by atoms with Crippen LogP contribution in [0.25, 0.3) is 11.3 Å². The van der Waals surface area contributed by atoms with E-state index in [1.165, 1.54) is 5.56 Å². The van der Waals surface area contributed by atoms with Gasteiger partial charge in [-0.1, -0.05) is 44.2 Å². The van der Waals surface area contributed by atoms with Gasteiger partial charge in [0.2, 0.25) is 0 Å². The van der Waals surface area contributed by atoms with Crippen molar-refractivity contribution in [3.05, 3.63) is 89.8 Å². The Morgan fingerprint density at radius 3 is 2.24 bits per heavy atom. The molecule has 0 radical (unpaired) electrons. The summed E-state index contributed by atoms with van der Waals surface area (Å²) in [6.45, 7) is 4.48. The predicted molar refractivity (Wildman–Crippen MR) is 122 cm³/mol. The van der Waals surface area contributed by atoms with Gasteiger partial charge in [0.15, 0.2) is 5.13 Å². The van der Waals surface area contributed by atoms with Gasteiger partial charge in [-0.15, -0.1) is 11.3 Å². The third-order valence-corrected chi connectivity index (χ3v) is 5.24. The SMILES string of the molecule is CC(C)Cc1ccc(Nc2nc(-c3ccc(Oc4ccccc4)cc3)cs2)cc1. The zero-order valence-corrected chi connectivity index (χ0v) is 17.4. The number of ether oxygens (including phenoxy) is 1. The molecule has 0 saturated carbocycles. The first-order valence-electron chi connectivity index (χ1n) is 9.80. The summed E-state index contributed by atoms with van der Waals surface area (Å²) in [6, 6.07) is 26.4. The van der Waals surface area contributed by atoms with Gasteiger partial charge in [-0.05, 0) is 66.4 Å². The lowest BCUT2D eigenvalue weighted by Gasteiger charge is -2.07. The van der Waals surface area contributed by atoms with Gasteiger partial charge in [-0.25, -0.2) is 4.98 Å². The lowest BCUT2D eigenvalue weighted by atomic mass is 10.0. The standard InChI is InChI=1S/C25H24N2OS/c1-18(2)16-19-8-12-21(13-9-19)26-25-27-24(17-29-25)20-10-14-23(15-11-20)28-22-6-4-3-5-7-22/h3-15,17-18H,16H2,1-2H3,(H,26,27). The molecule has 0 aliphatic carbocycles. The molecule has 146 valence electrons. The monoisotopic (exact) mass is 400 g/mol. The molecular weight excluding hydrogens is 376 g/mol. The largest absolute Gasteiger partial charge is 0.457 e. The van der Waals surface area contributed by atoms with Gasteiger partial charge in [-0.3, -0.25) is 0 Å². The van der Waals surface area contributed by atoms with E-state index in [1.54, 1.807) is 11.3 Å². The Morgan fingerprint density at radius 2 is 1.55 bits per heavy atom. The zero-order chi connectivity index (χ0) is 20.1. The Bertz CT molecular complexity index is 1040. The summed E-state index contributed by atoms with van der Waals surface area (Å²) in [7, 11) is 0. The van der Waals surface area contributed by atoms with Crippen LogP contribution in [0, 0.1) is 5.92 Å². The first-order chi connectivity index (χ1) is 14.2. The summed E-state index contributed by atoms with van der Waals surface area (Å²) in [6.07, 6.45) is 1.10. The second kappa shape index (κ2) is 8.93. The van der Waals surface area contributed by atoms with Crippen LogP contribution in [0.2, 0.25) is 0 Å². The molecule has 0 spiro atoms. The topological polar surface area (TPSA) is 34.2 Å². The zero-order valence-electron chi connectivity index (χ0n) is 16.6. The summed E-state index contributed by atoms with van der Waals surface area (Å²) in [5.41, 5.74) is 4.45. The Hall–Kier alpha value is -3.11. The molecule has 0 bridgehead atoms. The number of aromatic nitrogens is 1. The summed E-state index contributed by atoms with van der Waals surface area (Å²) in [5.74, 6) is 2.31. The average Bonchev–Trinajstić information content (AvgIpc) is 3.19. The Balaban J connectivity index is 1.41. The number of nitrogens with one attached hydrogen (secondary N) is 1. The fourth-order valence-electron chi connectivity index (χ4n) is 3.10. The molecule has 0 saturated heterocycles. The van der Waals surface area contributed by atoms with E-state index in [9.17, 15) is 0 Å². The highest BCUT2D eigenvalue weighted by atomic mass is 32.1. The second-order valence-corrected chi connectivity index (χ2v) is 8.26. The number of anilines is 2. The third kappa shape index (κ3) is 5.24. The minimum absolute atomic E-state index is 0.666. The summed E-state index contributed by atoms with van der Waals surface area (Å²) < 4.78 is 5.86. The highest BCUT2D eigenvalue weighted by Crippen LogP contribution is 2.29. The van der Waals surface area contributed by atoms with Gasteiger partial charge in [-0.2, -0.15) is 0 Å². The Kier molecular flexibility index (Phi) is 5.92. The maximum Gasteiger partial charge on any atom is 0.187 e. The van der Waals surface area contributed by atoms with Crippen LogP contribution < -0.4 is 10.1 Å². The molecule has 1 aromatic heterocycles. The molecule has 0 aliphatic heterocycles. The first-order valence-corrected chi connectivity index (χ1v) is 10.7. The highest BCUT2D eigenvalue weighted by Gasteiger charge is 2.06. The van der Waals surface area contributed by atoms with Crippen LogP contribution in [-0.4, -0.2) is 4.98 Å². The van der Waals surface area contributed by atoms with E-state index in [0.29, 0.717) is 5.92 Å². The smallest absolute Gasteiger partial charge is 0.187 e. The van der Waals surface area contributed by atoms with Crippen molar-refractivity contribution < 1.29 is 4.74 Å². The second-order valence-electron chi connectivity index (χ2n) is 7.40. The van der Waals surface area contributed by atoms with E-state index in [1.807, 2.05) is 54.6 Å². The minimum atomic E-state index is 0.666. The molecule has 29 heavy (non-hydrogen) atoms. The molecular formula is C25H24N2OS. The summed E-state index contributed by atoms with van der Waals surface area (Å²) in [4.78, 5) is 4.73. The van der Waals surface area contributed by atoms with Crippen LogP contribution in [0.5, 0.6) is 11.5 Å². The molecule has 3 nitrogen and oxygen atoms in total. The van der Waals surface area contributed by atoms with Crippen LogP contribution in [0.4, 0.5) is 10.8 Å². The van der Waals surface area contributed by atoms with E-state index in [0.717, 1.165) is 40.0 Å². The quantitative estimate of drug-likeness (QED) is 0.348. The maximum absolute atomic E-state index is 5.86. The molecule has 4 rings (SSSR count). The van der Waals surface area contributed by atoms with Gasteiger partial charge >= 0.3 is 0 Å². The number of hydrogen-bond donors (Lipinski definition) is 1. The van der Waals surface area contributed by atoms with Crippen molar-refractivity contribution in [3.8, 4) is 22.8 Å².